The maximum absolute atomic E-state index is 13.3. The summed E-state index contributed by atoms with van der Waals surface area (Å²) >= 11 is 0. The number of ether oxygens (including phenoxy) is 1. The zero-order chi connectivity index (χ0) is 19.7. The van der Waals surface area contributed by atoms with E-state index < -0.39 is 17.3 Å². The molecule has 0 spiro atoms. The summed E-state index contributed by atoms with van der Waals surface area (Å²) in [6.45, 7) is 3.04. The Bertz CT molecular complexity index is 1060. The smallest absolute Gasteiger partial charge is 0.379 e. The molecule has 146 valence electrons. The predicted octanol–water partition coefficient (Wildman–Crippen LogP) is 2.23. The quantitative estimate of drug-likeness (QED) is 0.737. The Balaban J connectivity index is 1.75. The Hall–Kier alpha value is -2.85. The van der Waals surface area contributed by atoms with E-state index in [0.29, 0.717) is 38.7 Å². The third-order valence-electron chi connectivity index (χ3n) is 4.46. The van der Waals surface area contributed by atoms with Crippen molar-refractivity contribution in [3.63, 3.8) is 0 Å². The highest BCUT2D eigenvalue weighted by molar-refractivity contribution is 5.79. The Morgan fingerprint density at radius 2 is 2.00 bits per heavy atom. The van der Waals surface area contributed by atoms with Gasteiger partial charge in [0.25, 0.3) is 5.56 Å². The third kappa shape index (κ3) is 3.73. The molecule has 0 unspecified atom stereocenters. The second kappa shape index (κ2) is 7.28. The van der Waals surface area contributed by atoms with Gasteiger partial charge in [0.2, 0.25) is 0 Å². The van der Waals surface area contributed by atoms with Crippen LogP contribution in [-0.2, 0) is 17.5 Å². The van der Waals surface area contributed by atoms with E-state index in [4.69, 9.17) is 4.74 Å². The maximum atomic E-state index is 13.3. The van der Waals surface area contributed by atoms with Crippen molar-refractivity contribution >= 4 is 11.0 Å². The highest BCUT2D eigenvalue weighted by atomic mass is 19.4. The first kappa shape index (κ1) is 18.5. The minimum Gasteiger partial charge on any atom is -0.379 e. The standard InChI is InChI=1S/C18H16F3N5O2/c19-18(20,21)12-2-1-3-22-15(12)11-8-13-16(23-9-11)17(27)25-14(24-13)10-26-4-6-28-7-5-26/h1-3,8-9H,4-7,10H2,(H,24,25,27). The van der Waals surface area contributed by atoms with Gasteiger partial charge in [0.05, 0.1) is 36.5 Å². The number of halogens is 3. The third-order valence-corrected chi connectivity index (χ3v) is 4.46. The van der Waals surface area contributed by atoms with E-state index in [2.05, 4.69) is 24.8 Å². The van der Waals surface area contributed by atoms with E-state index in [9.17, 15) is 18.0 Å². The number of aromatic amines is 1. The molecule has 0 amide bonds. The summed E-state index contributed by atoms with van der Waals surface area (Å²) in [5.74, 6) is 0.426. The van der Waals surface area contributed by atoms with Crippen molar-refractivity contribution in [1.82, 2.24) is 24.8 Å². The van der Waals surface area contributed by atoms with Gasteiger partial charge in [-0.15, -0.1) is 0 Å². The van der Waals surface area contributed by atoms with Crippen LogP contribution in [0.4, 0.5) is 13.2 Å². The number of hydrogen-bond donors (Lipinski definition) is 1. The van der Waals surface area contributed by atoms with Crippen LogP contribution in [0, 0.1) is 0 Å². The molecule has 0 bridgehead atoms. The van der Waals surface area contributed by atoms with E-state index in [0.717, 1.165) is 6.07 Å². The van der Waals surface area contributed by atoms with Gasteiger partial charge in [0.1, 0.15) is 5.82 Å². The van der Waals surface area contributed by atoms with Crippen molar-refractivity contribution in [2.45, 2.75) is 12.7 Å². The van der Waals surface area contributed by atoms with Crippen molar-refractivity contribution in [1.29, 1.82) is 0 Å². The summed E-state index contributed by atoms with van der Waals surface area (Å²) in [4.78, 5) is 29.4. The van der Waals surface area contributed by atoms with Gasteiger partial charge in [-0.2, -0.15) is 13.2 Å². The van der Waals surface area contributed by atoms with Gasteiger partial charge in [-0.1, -0.05) is 0 Å². The van der Waals surface area contributed by atoms with Gasteiger partial charge in [-0.3, -0.25) is 14.7 Å². The summed E-state index contributed by atoms with van der Waals surface area (Å²) in [6.07, 6.45) is -2.07. The highest BCUT2D eigenvalue weighted by Crippen LogP contribution is 2.35. The maximum Gasteiger partial charge on any atom is 0.418 e. The van der Waals surface area contributed by atoms with Gasteiger partial charge in [0.15, 0.2) is 5.52 Å². The van der Waals surface area contributed by atoms with Crippen molar-refractivity contribution in [2.24, 2.45) is 0 Å². The molecule has 1 aliphatic heterocycles. The molecule has 0 atom stereocenters. The van der Waals surface area contributed by atoms with Crippen LogP contribution in [0.25, 0.3) is 22.3 Å². The van der Waals surface area contributed by atoms with Crippen LogP contribution < -0.4 is 5.56 Å². The molecule has 1 fully saturated rings. The predicted molar refractivity (Wildman–Crippen MR) is 94.5 cm³/mol. The SMILES string of the molecule is O=c1[nH]c(CN2CCOCC2)nc2cc(-c3ncccc3C(F)(F)F)cnc12. The summed E-state index contributed by atoms with van der Waals surface area (Å²) in [5.41, 5.74) is -1.11. The topological polar surface area (TPSA) is 84.0 Å². The van der Waals surface area contributed by atoms with Crippen molar-refractivity contribution < 1.29 is 17.9 Å². The van der Waals surface area contributed by atoms with E-state index in [1.54, 1.807) is 0 Å². The molecular weight excluding hydrogens is 375 g/mol. The number of hydrogen-bond acceptors (Lipinski definition) is 6. The van der Waals surface area contributed by atoms with Crippen LogP contribution in [0.3, 0.4) is 0 Å². The second-order valence-corrected chi connectivity index (χ2v) is 6.39. The van der Waals surface area contributed by atoms with E-state index in [-0.39, 0.29) is 22.3 Å². The molecule has 1 aliphatic rings. The average Bonchev–Trinajstić information content (AvgIpc) is 2.68. The molecule has 1 saturated heterocycles. The monoisotopic (exact) mass is 391 g/mol. The van der Waals surface area contributed by atoms with Crippen molar-refractivity contribution in [3.8, 4) is 11.3 Å². The molecule has 0 radical (unpaired) electrons. The number of pyridine rings is 2. The number of nitrogens with one attached hydrogen (secondary N) is 1. The van der Waals surface area contributed by atoms with E-state index in [1.807, 2.05) is 0 Å². The zero-order valence-corrected chi connectivity index (χ0v) is 14.7. The summed E-state index contributed by atoms with van der Waals surface area (Å²) in [7, 11) is 0. The fourth-order valence-corrected chi connectivity index (χ4v) is 3.12. The molecule has 4 rings (SSSR count). The van der Waals surface area contributed by atoms with Gasteiger partial charge in [0, 0.05) is 31.0 Å². The van der Waals surface area contributed by atoms with Crippen LogP contribution in [0.5, 0.6) is 0 Å². The van der Waals surface area contributed by atoms with Crippen LogP contribution >= 0.6 is 0 Å². The summed E-state index contributed by atoms with van der Waals surface area (Å²) in [6, 6.07) is 3.60. The first-order chi connectivity index (χ1) is 13.4. The molecule has 28 heavy (non-hydrogen) atoms. The van der Waals surface area contributed by atoms with Gasteiger partial charge < -0.3 is 9.72 Å². The van der Waals surface area contributed by atoms with Gasteiger partial charge >= 0.3 is 6.18 Å². The molecule has 1 N–H and O–H groups in total. The number of aromatic nitrogens is 4. The lowest BCUT2D eigenvalue weighted by Crippen LogP contribution is -2.36. The molecule has 7 nitrogen and oxygen atoms in total. The number of nitrogens with zero attached hydrogens (tertiary/aromatic N) is 4. The fraction of sp³-hybridized carbons (Fsp3) is 0.333. The lowest BCUT2D eigenvalue weighted by atomic mass is 10.1. The number of H-pyrrole nitrogens is 1. The molecule has 3 aromatic heterocycles. The van der Waals surface area contributed by atoms with Crippen LogP contribution in [0.2, 0.25) is 0 Å². The summed E-state index contributed by atoms with van der Waals surface area (Å²) < 4.78 is 45.2. The lowest BCUT2D eigenvalue weighted by Gasteiger charge is -2.25. The van der Waals surface area contributed by atoms with Gasteiger partial charge in [-0.25, -0.2) is 9.97 Å². The first-order valence-electron chi connectivity index (χ1n) is 8.63. The average molecular weight is 391 g/mol. The zero-order valence-electron chi connectivity index (χ0n) is 14.7. The van der Waals surface area contributed by atoms with E-state index >= 15 is 0 Å². The number of fused-ring (bicyclic) bond motifs is 1. The first-order valence-corrected chi connectivity index (χ1v) is 8.63. The molecule has 0 aliphatic carbocycles. The van der Waals surface area contributed by atoms with Crippen LogP contribution in [-0.4, -0.2) is 51.1 Å². The Kier molecular flexibility index (Phi) is 4.82. The van der Waals surface area contributed by atoms with Crippen LogP contribution in [0.1, 0.15) is 11.4 Å². The molecule has 4 heterocycles. The Labute approximate surface area is 157 Å². The molecule has 0 aromatic carbocycles. The van der Waals surface area contributed by atoms with Crippen molar-refractivity contribution in [2.75, 3.05) is 26.3 Å². The summed E-state index contributed by atoms with van der Waals surface area (Å²) in [5, 5.41) is 0. The Morgan fingerprint density at radius 1 is 1.21 bits per heavy atom. The number of rotatable bonds is 3. The van der Waals surface area contributed by atoms with Crippen molar-refractivity contribution in [3.05, 3.63) is 52.3 Å². The molecular formula is C18H16F3N5O2. The lowest BCUT2D eigenvalue weighted by molar-refractivity contribution is -0.137. The molecule has 3 aromatic rings. The number of alkyl halides is 3. The second-order valence-electron chi connectivity index (χ2n) is 6.39. The van der Waals surface area contributed by atoms with Gasteiger partial charge in [-0.05, 0) is 18.2 Å². The minimum absolute atomic E-state index is 0.0685. The largest absolute Gasteiger partial charge is 0.418 e. The number of morpholine rings is 1. The molecule has 10 heteroatoms. The fourth-order valence-electron chi connectivity index (χ4n) is 3.12. The Morgan fingerprint density at radius 3 is 2.75 bits per heavy atom. The molecule has 0 saturated carbocycles. The highest BCUT2D eigenvalue weighted by Gasteiger charge is 2.34. The van der Waals surface area contributed by atoms with E-state index in [1.165, 1.54) is 24.5 Å². The minimum atomic E-state index is -4.55. The van der Waals surface area contributed by atoms with Crippen LogP contribution in [0.15, 0.2) is 35.4 Å². The normalized spacial score (nSPS) is 15.8.